The van der Waals surface area contributed by atoms with Crippen molar-refractivity contribution in [3.05, 3.63) is 5.56 Å². The van der Waals surface area contributed by atoms with Crippen molar-refractivity contribution in [3.63, 3.8) is 0 Å². The Morgan fingerprint density at radius 3 is 2.50 bits per heavy atom. The molecule has 3 nitrogen and oxygen atoms in total. The molecule has 3 N–H and O–H groups in total. The largest absolute Gasteiger partial charge is 0.384 e. The van der Waals surface area contributed by atoms with Gasteiger partial charge in [0.2, 0.25) is 0 Å². The Bertz CT molecular complexity index is 174. The molecule has 0 unspecified atom stereocenters. The van der Waals surface area contributed by atoms with Crippen LogP contribution in [0.4, 0.5) is 5.82 Å². The first-order valence-electron chi connectivity index (χ1n) is 2.21. The first-order valence-corrected chi connectivity index (χ1v) is 2.66. The Morgan fingerprint density at radius 1 is 1.75 bits per heavy atom. The molecule has 0 aromatic carbocycles. The molecule has 0 aliphatic rings. The molecule has 1 aromatic rings. The van der Waals surface area contributed by atoms with Gasteiger partial charge in [-0.1, -0.05) is 0 Å². The molecule has 0 saturated heterocycles. The molecule has 44 valence electrons. The molecule has 0 radical (unpaired) electrons. The smallest absolute Gasteiger partial charge is 0.122 e. The van der Waals surface area contributed by atoms with E-state index in [2.05, 4.69) is 22.8 Å². The van der Waals surface area contributed by atoms with Crippen molar-refractivity contribution in [1.82, 2.24) is 10.2 Å². The van der Waals surface area contributed by atoms with E-state index in [0.717, 1.165) is 5.56 Å². The number of hydrogen-bond acceptors (Lipinski definition) is 3. The molecule has 4 heteroatoms. The van der Waals surface area contributed by atoms with Crippen molar-refractivity contribution in [2.75, 3.05) is 5.73 Å². The highest BCUT2D eigenvalue weighted by Crippen LogP contribution is 2.13. The number of nitrogens with one attached hydrogen (secondary N) is 1. The molecule has 0 aliphatic heterocycles. The van der Waals surface area contributed by atoms with Gasteiger partial charge < -0.3 is 5.73 Å². The molecule has 8 heavy (non-hydrogen) atoms. The van der Waals surface area contributed by atoms with Crippen LogP contribution in [0.2, 0.25) is 0 Å². The second-order valence-corrected chi connectivity index (χ2v) is 2.01. The van der Waals surface area contributed by atoms with Crippen molar-refractivity contribution >= 4 is 18.4 Å². The maximum atomic E-state index is 5.37. The third-order valence-electron chi connectivity index (χ3n) is 1.02. The van der Waals surface area contributed by atoms with Crippen molar-refractivity contribution < 1.29 is 0 Å². The van der Waals surface area contributed by atoms with Crippen LogP contribution in [0.15, 0.2) is 5.03 Å². The predicted octanol–water partition coefficient (Wildman–Crippen LogP) is 0.589. The topological polar surface area (TPSA) is 54.7 Å². The normalized spacial score (nSPS) is 9.75. The van der Waals surface area contributed by atoms with E-state index in [1.807, 2.05) is 6.92 Å². The molecule has 0 atom stereocenters. The average molecular weight is 129 g/mol. The van der Waals surface area contributed by atoms with Gasteiger partial charge in [0, 0.05) is 5.56 Å². The summed E-state index contributed by atoms with van der Waals surface area (Å²) < 4.78 is 0. The zero-order chi connectivity index (χ0) is 6.15. The quantitative estimate of drug-likeness (QED) is 0.449. The minimum Gasteiger partial charge on any atom is -0.384 e. The van der Waals surface area contributed by atoms with Crippen LogP contribution in [0.25, 0.3) is 0 Å². The fourth-order valence-electron chi connectivity index (χ4n) is 0.401. The molecule has 0 amide bonds. The Morgan fingerprint density at radius 2 is 2.38 bits per heavy atom. The summed E-state index contributed by atoms with van der Waals surface area (Å²) in [7, 11) is 0. The van der Waals surface area contributed by atoms with E-state index in [-0.39, 0.29) is 0 Å². The van der Waals surface area contributed by atoms with Crippen LogP contribution < -0.4 is 5.73 Å². The molecule has 0 spiro atoms. The van der Waals surface area contributed by atoms with E-state index >= 15 is 0 Å². The van der Waals surface area contributed by atoms with E-state index in [4.69, 9.17) is 5.73 Å². The van der Waals surface area contributed by atoms with Crippen molar-refractivity contribution in [3.8, 4) is 0 Å². The van der Waals surface area contributed by atoms with E-state index < -0.39 is 0 Å². The zero-order valence-electron chi connectivity index (χ0n) is 4.47. The number of nitrogens with two attached hydrogens (primary N) is 1. The van der Waals surface area contributed by atoms with E-state index in [0.29, 0.717) is 10.8 Å². The van der Waals surface area contributed by atoms with Gasteiger partial charge in [0.05, 0.1) is 0 Å². The Kier molecular flexibility index (Phi) is 1.17. The summed E-state index contributed by atoms with van der Waals surface area (Å²) in [5.74, 6) is 0.593. The number of nitrogen functional groups attached to an aromatic ring is 1. The van der Waals surface area contributed by atoms with Crippen LogP contribution in [0.3, 0.4) is 0 Å². The molecule has 0 fully saturated rings. The standard InChI is InChI=1S/C4H7N3S/c1-2-3(5)6-7-4(2)8/h1H3,(H4,5,6,7,8). The van der Waals surface area contributed by atoms with Crippen LogP contribution in [-0.4, -0.2) is 10.2 Å². The van der Waals surface area contributed by atoms with Crippen LogP contribution in [0.5, 0.6) is 0 Å². The molecule has 0 bridgehead atoms. The number of nitrogens with zero attached hydrogens (tertiary/aromatic N) is 1. The number of aromatic nitrogens is 2. The van der Waals surface area contributed by atoms with Gasteiger partial charge in [0.25, 0.3) is 0 Å². The van der Waals surface area contributed by atoms with Crippen molar-refractivity contribution in [1.29, 1.82) is 0 Å². The zero-order valence-corrected chi connectivity index (χ0v) is 5.37. The van der Waals surface area contributed by atoms with Gasteiger partial charge in [-0.2, -0.15) is 5.10 Å². The Hall–Kier alpha value is -0.640. The molecular formula is C4H7N3S. The molecule has 1 heterocycles. The first kappa shape index (κ1) is 5.50. The lowest BCUT2D eigenvalue weighted by atomic mass is 10.4. The van der Waals surface area contributed by atoms with Crippen LogP contribution in [-0.2, 0) is 0 Å². The number of H-pyrrole nitrogens is 1. The fraction of sp³-hybridized carbons (Fsp3) is 0.250. The summed E-state index contributed by atoms with van der Waals surface area (Å²) in [6, 6.07) is 0. The van der Waals surface area contributed by atoms with Crippen LogP contribution in [0.1, 0.15) is 5.56 Å². The number of rotatable bonds is 0. The van der Waals surface area contributed by atoms with E-state index in [9.17, 15) is 0 Å². The van der Waals surface area contributed by atoms with Gasteiger partial charge in [0.1, 0.15) is 10.8 Å². The van der Waals surface area contributed by atoms with Gasteiger partial charge in [-0.25, -0.2) is 0 Å². The lowest BCUT2D eigenvalue weighted by molar-refractivity contribution is 1.01. The minimum atomic E-state index is 0.593. The van der Waals surface area contributed by atoms with Gasteiger partial charge in [0.15, 0.2) is 0 Å². The number of anilines is 1. The first-order chi connectivity index (χ1) is 3.72. The van der Waals surface area contributed by atoms with Gasteiger partial charge in [-0.3, -0.25) is 5.10 Å². The average Bonchev–Trinajstić information content (AvgIpc) is 1.98. The highest BCUT2D eigenvalue weighted by atomic mass is 32.1. The van der Waals surface area contributed by atoms with Crippen molar-refractivity contribution in [2.24, 2.45) is 0 Å². The fourth-order valence-corrected chi connectivity index (χ4v) is 0.572. The third kappa shape index (κ3) is 0.667. The molecule has 1 aromatic heterocycles. The second kappa shape index (κ2) is 1.70. The van der Waals surface area contributed by atoms with E-state index in [1.54, 1.807) is 0 Å². The molecule has 1 rings (SSSR count). The molecular weight excluding hydrogens is 122 g/mol. The Balaban J connectivity index is 3.19. The summed E-state index contributed by atoms with van der Waals surface area (Å²) in [6.07, 6.45) is 0. The lowest BCUT2D eigenvalue weighted by Gasteiger charge is -1.83. The maximum Gasteiger partial charge on any atom is 0.122 e. The minimum absolute atomic E-state index is 0.593. The highest BCUT2D eigenvalue weighted by Gasteiger charge is 1.98. The monoisotopic (exact) mass is 129 g/mol. The predicted molar refractivity (Wildman–Crippen MR) is 35.0 cm³/mol. The number of thiol groups is 1. The van der Waals surface area contributed by atoms with Gasteiger partial charge in [-0.05, 0) is 6.92 Å². The summed E-state index contributed by atoms with van der Waals surface area (Å²) >= 11 is 4.00. The second-order valence-electron chi connectivity index (χ2n) is 1.59. The van der Waals surface area contributed by atoms with Crippen molar-refractivity contribution in [2.45, 2.75) is 11.9 Å². The van der Waals surface area contributed by atoms with E-state index in [1.165, 1.54) is 0 Å². The Labute approximate surface area is 52.7 Å². The van der Waals surface area contributed by atoms with Crippen LogP contribution in [0, 0.1) is 6.92 Å². The SMILES string of the molecule is Cc1c(S)n[nH]c1N. The lowest BCUT2D eigenvalue weighted by Crippen LogP contribution is -1.85. The molecule has 0 saturated carbocycles. The highest BCUT2D eigenvalue weighted by molar-refractivity contribution is 7.80. The summed E-state index contributed by atoms with van der Waals surface area (Å²) in [5, 5.41) is 6.99. The van der Waals surface area contributed by atoms with Crippen LogP contribution >= 0.6 is 12.6 Å². The molecule has 0 aliphatic carbocycles. The number of aromatic amines is 1. The summed E-state index contributed by atoms with van der Waals surface area (Å²) in [5.41, 5.74) is 6.28. The summed E-state index contributed by atoms with van der Waals surface area (Å²) in [4.78, 5) is 0. The number of hydrogen-bond donors (Lipinski definition) is 3. The van der Waals surface area contributed by atoms with Gasteiger partial charge in [-0.15, -0.1) is 12.6 Å². The maximum absolute atomic E-state index is 5.37. The third-order valence-corrected chi connectivity index (χ3v) is 1.46. The summed E-state index contributed by atoms with van der Waals surface area (Å²) in [6.45, 7) is 1.86. The van der Waals surface area contributed by atoms with Gasteiger partial charge >= 0.3 is 0 Å².